The summed E-state index contributed by atoms with van der Waals surface area (Å²) in [4.78, 5) is 0. The molecule has 0 aliphatic heterocycles. The van der Waals surface area contributed by atoms with E-state index in [0.717, 1.165) is 0 Å². The van der Waals surface area contributed by atoms with Gasteiger partial charge in [0.1, 0.15) is 0 Å². The summed E-state index contributed by atoms with van der Waals surface area (Å²) in [5.74, 6) is 0. The molecule has 0 N–H and O–H groups in total. The summed E-state index contributed by atoms with van der Waals surface area (Å²) in [7, 11) is 0. The van der Waals surface area contributed by atoms with E-state index in [2.05, 4.69) is 0 Å². The Morgan fingerprint density at radius 1 is 0.375 bits per heavy atom. The molecule has 0 unspecified atom stereocenters. The van der Waals surface area contributed by atoms with Crippen molar-refractivity contribution >= 4 is 17.4 Å². The van der Waals surface area contributed by atoms with E-state index in [4.69, 9.17) is 0 Å². The van der Waals surface area contributed by atoms with Crippen LogP contribution in [-0.2, 0) is 0 Å². The van der Waals surface area contributed by atoms with Crippen molar-refractivity contribution in [2.45, 2.75) is 83.5 Å². The monoisotopic (exact) mass is 326 g/mol. The minimum atomic E-state index is -2.12. The molecule has 0 spiro atoms. The fraction of sp³-hybridized carbons (Fsp3) is 1.00. The Bertz CT molecular complexity index is 253. The van der Waals surface area contributed by atoms with Crippen molar-refractivity contribution < 1.29 is 0 Å². The topological polar surface area (TPSA) is 0 Å². The van der Waals surface area contributed by atoms with E-state index < -0.39 is 17.4 Å². The zero-order valence-corrected chi connectivity index (χ0v) is 13.0. The van der Waals surface area contributed by atoms with Gasteiger partial charge in [0.2, 0.25) is 0 Å². The normalized spacial score (nSPS) is 38.1. The molecule has 0 atom stereocenters. The van der Waals surface area contributed by atoms with E-state index in [9.17, 15) is 0 Å². The summed E-state index contributed by atoms with van der Waals surface area (Å²) < 4.78 is 7.05. The average molecular weight is 327 g/mol. The van der Waals surface area contributed by atoms with Gasteiger partial charge in [-0.15, -0.1) is 0 Å². The van der Waals surface area contributed by atoms with Gasteiger partial charge in [-0.2, -0.15) is 0 Å². The Balaban J connectivity index is 1.72. The van der Waals surface area contributed by atoms with E-state index in [-0.39, 0.29) is 0 Å². The standard InChI is InChI=1S/5C3H5.Sb/c5*1-2-3-1;/h5*1H,2-3H2;. The van der Waals surface area contributed by atoms with Crippen molar-refractivity contribution in [3.8, 4) is 0 Å². The van der Waals surface area contributed by atoms with Crippen molar-refractivity contribution in [1.82, 2.24) is 0 Å². The summed E-state index contributed by atoms with van der Waals surface area (Å²) in [6.45, 7) is 0. The molecule has 0 amide bonds. The molecule has 0 bridgehead atoms. The zero-order chi connectivity index (χ0) is 10.4. The van der Waals surface area contributed by atoms with Crippen LogP contribution < -0.4 is 0 Å². The molecule has 90 valence electrons. The molecule has 0 heterocycles. The summed E-state index contributed by atoms with van der Waals surface area (Å²) in [5.41, 5.74) is 0. The summed E-state index contributed by atoms with van der Waals surface area (Å²) in [6.07, 6.45) is 17.1. The predicted octanol–water partition coefficient (Wildman–Crippen LogP) is 5.21. The molecule has 5 fully saturated rings. The van der Waals surface area contributed by atoms with Crippen molar-refractivity contribution in [1.29, 1.82) is 0 Å². The average Bonchev–Trinajstić information content (AvgIpc) is 3.16. The van der Waals surface area contributed by atoms with Gasteiger partial charge in [-0.05, 0) is 0 Å². The van der Waals surface area contributed by atoms with Gasteiger partial charge in [-0.3, -0.25) is 0 Å². The van der Waals surface area contributed by atoms with Gasteiger partial charge in [-0.1, -0.05) is 0 Å². The van der Waals surface area contributed by atoms with E-state index in [0.29, 0.717) is 0 Å². The Hall–Kier alpha value is 0.818. The molecule has 0 aromatic heterocycles. The molecule has 1 heteroatoms. The molecule has 0 saturated heterocycles. The summed E-state index contributed by atoms with van der Waals surface area (Å²) in [6, 6.07) is 0. The van der Waals surface area contributed by atoms with Gasteiger partial charge in [0.05, 0.1) is 0 Å². The third-order valence-electron chi connectivity index (χ3n) is 6.95. The molecule has 5 aliphatic rings. The van der Waals surface area contributed by atoms with E-state index in [1.807, 2.05) is 0 Å². The Kier molecular flexibility index (Phi) is 1.64. The predicted molar refractivity (Wildman–Crippen MR) is 70.7 cm³/mol. The van der Waals surface area contributed by atoms with Crippen LogP contribution in [0.15, 0.2) is 0 Å². The second-order valence-electron chi connectivity index (χ2n) is 7.65. The SMILES string of the molecule is C1C[CH]1[Sb]([CH]1CC1)([CH]1CC1)([CH]1CC1)[CH]1CC1. The Morgan fingerprint density at radius 2 is 0.562 bits per heavy atom. The van der Waals surface area contributed by atoms with Crippen molar-refractivity contribution in [3.05, 3.63) is 0 Å². The van der Waals surface area contributed by atoms with Crippen molar-refractivity contribution in [2.24, 2.45) is 0 Å². The fourth-order valence-corrected chi connectivity index (χ4v) is 42.5. The molecule has 0 aromatic carbocycles. The second kappa shape index (κ2) is 2.71. The third kappa shape index (κ3) is 0.908. The molecule has 0 nitrogen and oxygen atoms in total. The van der Waals surface area contributed by atoms with Gasteiger partial charge < -0.3 is 0 Å². The molecule has 0 radical (unpaired) electrons. The van der Waals surface area contributed by atoms with Crippen molar-refractivity contribution in [3.63, 3.8) is 0 Å². The van der Waals surface area contributed by atoms with Crippen LogP contribution >= 0.6 is 0 Å². The van der Waals surface area contributed by atoms with Gasteiger partial charge in [0.15, 0.2) is 0 Å². The van der Waals surface area contributed by atoms with Crippen LogP contribution in [0.4, 0.5) is 0 Å². The van der Waals surface area contributed by atoms with Crippen LogP contribution in [0, 0.1) is 0 Å². The quantitative estimate of drug-likeness (QED) is 0.608. The number of rotatable bonds is 5. The third-order valence-corrected chi connectivity index (χ3v) is 38.4. The van der Waals surface area contributed by atoms with Crippen LogP contribution in [0.1, 0.15) is 64.2 Å². The first-order chi connectivity index (χ1) is 7.87. The first kappa shape index (κ1) is 9.71. The van der Waals surface area contributed by atoms with Crippen LogP contribution in [-0.4, -0.2) is 17.4 Å². The molecule has 16 heavy (non-hydrogen) atoms. The molecule has 5 aliphatic carbocycles. The Labute approximate surface area is 101 Å². The molecule has 5 rings (SSSR count). The van der Waals surface area contributed by atoms with Gasteiger partial charge >= 0.3 is 101 Å². The zero-order valence-electron chi connectivity index (χ0n) is 10.4. The fourth-order valence-electron chi connectivity index (χ4n) is 6.34. The first-order valence-electron chi connectivity index (χ1n) is 7.87. The molecule has 0 aromatic rings. The van der Waals surface area contributed by atoms with E-state index in [1.54, 1.807) is 64.2 Å². The maximum atomic E-state index is 1.71. The number of hydrogen-bond donors (Lipinski definition) is 0. The summed E-state index contributed by atoms with van der Waals surface area (Å²) in [5, 5.41) is 0. The van der Waals surface area contributed by atoms with Crippen LogP contribution in [0.5, 0.6) is 0 Å². The number of hydrogen-bond acceptors (Lipinski definition) is 0. The van der Waals surface area contributed by atoms with Crippen LogP contribution in [0.3, 0.4) is 0 Å². The second-order valence-corrected chi connectivity index (χ2v) is 26.6. The van der Waals surface area contributed by atoms with Crippen LogP contribution in [0.2, 0.25) is 19.3 Å². The van der Waals surface area contributed by atoms with Gasteiger partial charge in [-0.25, -0.2) is 0 Å². The van der Waals surface area contributed by atoms with Crippen LogP contribution in [0.25, 0.3) is 0 Å². The van der Waals surface area contributed by atoms with Gasteiger partial charge in [0.25, 0.3) is 0 Å². The van der Waals surface area contributed by atoms with Crippen molar-refractivity contribution in [2.75, 3.05) is 0 Å². The summed E-state index contributed by atoms with van der Waals surface area (Å²) >= 11 is -2.12. The first-order valence-corrected chi connectivity index (χ1v) is 15.2. The van der Waals surface area contributed by atoms with E-state index in [1.165, 1.54) is 19.3 Å². The molecular formula is C15H25Sb. The minimum absolute atomic E-state index is 1.41. The van der Waals surface area contributed by atoms with Gasteiger partial charge in [0, 0.05) is 0 Å². The Morgan fingerprint density at radius 3 is 0.688 bits per heavy atom. The maximum absolute atomic E-state index is 2.12. The van der Waals surface area contributed by atoms with E-state index >= 15 is 0 Å². The molecule has 5 saturated carbocycles. The molecular weight excluding hydrogens is 302 g/mol.